The predicted molar refractivity (Wildman–Crippen MR) is 97.0 cm³/mol. The molecule has 0 aliphatic carbocycles. The molecule has 2 rings (SSSR count). The number of ether oxygens (including phenoxy) is 1. The fourth-order valence-electron chi connectivity index (χ4n) is 2.45. The maximum absolute atomic E-state index is 6.19. The molecule has 0 fully saturated rings. The summed E-state index contributed by atoms with van der Waals surface area (Å²) in [7, 11) is 0. The average Bonchev–Trinajstić information content (AvgIpc) is 2.52. The highest BCUT2D eigenvalue weighted by Gasteiger charge is 2.25. The van der Waals surface area contributed by atoms with Gasteiger partial charge in [0.2, 0.25) is 0 Å². The zero-order valence-corrected chi connectivity index (χ0v) is 14.6. The summed E-state index contributed by atoms with van der Waals surface area (Å²) in [6, 6.07) is 16.0. The van der Waals surface area contributed by atoms with Crippen LogP contribution in [0.25, 0.3) is 0 Å². The van der Waals surface area contributed by atoms with Crippen molar-refractivity contribution in [3.8, 4) is 5.75 Å². The minimum atomic E-state index is -0.337. The topological polar surface area (TPSA) is 47.3 Å². The van der Waals surface area contributed by atoms with E-state index in [1.165, 1.54) is 11.1 Å². The zero-order valence-electron chi connectivity index (χ0n) is 13.8. The van der Waals surface area contributed by atoms with E-state index < -0.39 is 0 Å². The first-order valence-corrected chi connectivity index (χ1v) is 8.29. The summed E-state index contributed by atoms with van der Waals surface area (Å²) in [5, 5.41) is 4.21. The van der Waals surface area contributed by atoms with Crippen LogP contribution >= 0.6 is 11.6 Å². The van der Waals surface area contributed by atoms with Gasteiger partial charge in [-0.25, -0.2) is 0 Å². The molecule has 1 atom stereocenters. The van der Waals surface area contributed by atoms with Gasteiger partial charge in [-0.3, -0.25) is 0 Å². The summed E-state index contributed by atoms with van der Waals surface area (Å²) in [6.45, 7) is 6.24. The lowest BCUT2D eigenvalue weighted by molar-refractivity contribution is 0.0805. The highest BCUT2D eigenvalue weighted by atomic mass is 35.5. The van der Waals surface area contributed by atoms with Gasteiger partial charge in [-0.2, -0.15) is 0 Å². The summed E-state index contributed by atoms with van der Waals surface area (Å²) in [5.41, 5.74) is 7.85. The van der Waals surface area contributed by atoms with E-state index in [0.29, 0.717) is 6.54 Å². The van der Waals surface area contributed by atoms with E-state index in [2.05, 4.69) is 31.3 Å². The molecular weight excluding hydrogens is 308 g/mol. The molecule has 0 heterocycles. The van der Waals surface area contributed by atoms with Crippen LogP contribution in [0.4, 0.5) is 0 Å². The normalized spacial score (nSPS) is 13.6. The third-order valence-electron chi connectivity index (χ3n) is 3.80. The molecule has 0 saturated carbocycles. The second kappa shape index (κ2) is 8.34. The van der Waals surface area contributed by atoms with Crippen molar-refractivity contribution in [2.75, 3.05) is 13.1 Å². The van der Waals surface area contributed by atoms with Crippen molar-refractivity contribution in [3.05, 3.63) is 64.7 Å². The van der Waals surface area contributed by atoms with Gasteiger partial charge in [0.15, 0.2) is 0 Å². The molecule has 23 heavy (non-hydrogen) atoms. The van der Waals surface area contributed by atoms with E-state index in [4.69, 9.17) is 22.1 Å². The molecular formula is C19H25ClN2O. The molecule has 0 aliphatic heterocycles. The second-order valence-electron chi connectivity index (χ2n) is 6.13. The van der Waals surface area contributed by atoms with Gasteiger partial charge in [0.25, 0.3) is 0 Å². The Kier molecular flexibility index (Phi) is 6.46. The molecule has 3 N–H and O–H groups in total. The van der Waals surface area contributed by atoms with Crippen LogP contribution in [0.2, 0.25) is 5.02 Å². The fraction of sp³-hybridized carbons (Fsp3) is 0.368. The quantitative estimate of drug-likeness (QED) is 0.770. The number of halogens is 1. The van der Waals surface area contributed by atoms with Crippen LogP contribution in [0.15, 0.2) is 48.5 Å². The maximum atomic E-state index is 6.19. The lowest BCUT2D eigenvalue weighted by Gasteiger charge is -2.31. The minimum absolute atomic E-state index is 0.337. The smallest absolute Gasteiger partial charge is 0.120 e. The number of nitrogens with one attached hydrogen (secondary N) is 1. The van der Waals surface area contributed by atoms with Crippen molar-refractivity contribution in [3.63, 3.8) is 0 Å². The van der Waals surface area contributed by atoms with Gasteiger partial charge in [-0.05, 0) is 50.2 Å². The van der Waals surface area contributed by atoms with E-state index >= 15 is 0 Å². The monoisotopic (exact) mass is 332 g/mol. The van der Waals surface area contributed by atoms with Crippen LogP contribution in [0, 0.1) is 6.92 Å². The number of hydrogen-bond donors (Lipinski definition) is 2. The Labute approximate surface area is 143 Å². The van der Waals surface area contributed by atoms with E-state index in [9.17, 15) is 0 Å². The Balaban J connectivity index is 1.93. The van der Waals surface area contributed by atoms with Crippen LogP contribution < -0.4 is 15.8 Å². The molecule has 0 saturated heterocycles. The van der Waals surface area contributed by atoms with Gasteiger partial charge in [0.1, 0.15) is 11.4 Å². The standard InChI is InChI=1S/C19H25ClN2O/c1-15-3-9-18(10-4-15)23-19(2,11-12-21)14-22-13-16-5-7-17(20)8-6-16/h3-10,22H,11-14,21H2,1-2H3. The molecule has 124 valence electrons. The molecule has 0 bridgehead atoms. The summed E-state index contributed by atoms with van der Waals surface area (Å²) in [4.78, 5) is 0. The lowest BCUT2D eigenvalue weighted by Crippen LogP contribution is -2.44. The van der Waals surface area contributed by atoms with Gasteiger partial charge in [-0.1, -0.05) is 41.4 Å². The Hall–Kier alpha value is -1.55. The van der Waals surface area contributed by atoms with Crippen molar-refractivity contribution in [2.45, 2.75) is 32.4 Å². The number of rotatable bonds is 8. The maximum Gasteiger partial charge on any atom is 0.120 e. The molecule has 0 aromatic heterocycles. The van der Waals surface area contributed by atoms with Crippen LogP contribution in [0.5, 0.6) is 5.75 Å². The molecule has 0 aliphatic rings. The van der Waals surface area contributed by atoms with Crippen molar-refractivity contribution < 1.29 is 4.74 Å². The van der Waals surface area contributed by atoms with E-state index in [1.807, 2.05) is 36.4 Å². The minimum Gasteiger partial charge on any atom is -0.486 e. The number of benzene rings is 2. The van der Waals surface area contributed by atoms with Crippen molar-refractivity contribution in [1.29, 1.82) is 0 Å². The molecule has 4 heteroatoms. The van der Waals surface area contributed by atoms with Crippen LogP contribution in [-0.4, -0.2) is 18.7 Å². The molecule has 1 unspecified atom stereocenters. The molecule has 0 spiro atoms. The Morgan fingerprint density at radius 2 is 1.74 bits per heavy atom. The first-order valence-electron chi connectivity index (χ1n) is 7.92. The van der Waals surface area contributed by atoms with Crippen molar-refractivity contribution in [1.82, 2.24) is 5.32 Å². The van der Waals surface area contributed by atoms with E-state index in [-0.39, 0.29) is 5.60 Å². The first-order chi connectivity index (χ1) is 11.0. The fourth-order valence-corrected chi connectivity index (χ4v) is 2.57. The summed E-state index contributed by atoms with van der Waals surface area (Å²) in [5.74, 6) is 0.875. The Morgan fingerprint density at radius 1 is 1.09 bits per heavy atom. The molecule has 0 radical (unpaired) electrons. The predicted octanol–water partition coefficient (Wildman–Crippen LogP) is 3.92. The van der Waals surface area contributed by atoms with Crippen LogP contribution in [-0.2, 0) is 6.54 Å². The van der Waals surface area contributed by atoms with Gasteiger partial charge in [0, 0.05) is 24.5 Å². The van der Waals surface area contributed by atoms with Gasteiger partial charge in [-0.15, -0.1) is 0 Å². The number of aryl methyl sites for hydroxylation is 1. The summed E-state index contributed by atoms with van der Waals surface area (Å²) >= 11 is 5.91. The van der Waals surface area contributed by atoms with E-state index in [0.717, 1.165) is 30.3 Å². The largest absolute Gasteiger partial charge is 0.486 e. The van der Waals surface area contributed by atoms with Crippen molar-refractivity contribution >= 4 is 11.6 Å². The van der Waals surface area contributed by atoms with Crippen molar-refractivity contribution in [2.24, 2.45) is 5.73 Å². The lowest BCUT2D eigenvalue weighted by atomic mass is 10.0. The highest BCUT2D eigenvalue weighted by molar-refractivity contribution is 6.30. The van der Waals surface area contributed by atoms with Gasteiger partial charge >= 0.3 is 0 Å². The Bertz CT molecular complexity index is 598. The van der Waals surface area contributed by atoms with Crippen LogP contribution in [0.3, 0.4) is 0 Å². The first kappa shape index (κ1) is 17.8. The number of nitrogens with two attached hydrogens (primary N) is 1. The molecule has 0 amide bonds. The SMILES string of the molecule is Cc1ccc(OC(C)(CCN)CNCc2ccc(Cl)cc2)cc1. The summed E-state index contributed by atoms with van der Waals surface area (Å²) in [6.07, 6.45) is 0.786. The third kappa shape index (κ3) is 5.87. The third-order valence-corrected chi connectivity index (χ3v) is 4.05. The molecule has 3 nitrogen and oxygen atoms in total. The van der Waals surface area contributed by atoms with Crippen LogP contribution in [0.1, 0.15) is 24.5 Å². The van der Waals surface area contributed by atoms with E-state index in [1.54, 1.807) is 0 Å². The van der Waals surface area contributed by atoms with Gasteiger partial charge in [0.05, 0.1) is 0 Å². The zero-order chi connectivity index (χ0) is 16.7. The Morgan fingerprint density at radius 3 is 2.35 bits per heavy atom. The molecule has 2 aromatic rings. The molecule has 2 aromatic carbocycles. The number of hydrogen-bond acceptors (Lipinski definition) is 3. The second-order valence-corrected chi connectivity index (χ2v) is 6.57. The average molecular weight is 333 g/mol. The highest BCUT2D eigenvalue weighted by Crippen LogP contribution is 2.21. The van der Waals surface area contributed by atoms with Gasteiger partial charge < -0.3 is 15.8 Å². The summed E-state index contributed by atoms with van der Waals surface area (Å²) < 4.78 is 6.19.